The van der Waals surface area contributed by atoms with Crippen molar-refractivity contribution in [3.63, 3.8) is 0 Å². The minimum absolute atomic E-state index is 0.0414. The van der Waals surface area contributed by atoms with Gasteiger partial charge in [-0.2, -0.15) is 0 Å². The first kappa shape index (κ1) is 10.5. The monoisotopic (exact) mass is 186 g/mol. The highest BCUT2D eigenvalue weighted by atomic mass is 16.5. The van der Waals surface area contributed by atoms with E-state index in [4.69, 9.17) is 4.74 Å². The molecule has 0 aromatic rings. The third-order valence-corrected chi connectivity index (χ3v) is 2.25. The molecular formula is C9H18N2O2. The van der Waals surface area contributed by atoms with Crippen molar-refractivity contribution >= 4 is 5.97 Å². The van der Waals surface area contributed by atoms with E-state index in [2.05, 4.69) is 10.6 Å². The highest BCUT2D eigenvalue weighted by Gasteiger charge is 2.21. The van der Waals surface area contributed by atoms with E-state index in [9.17, 15) is 4.79 Å². The Labute approximate surface area is 79.0 Å². The summed E-state index contributed by atoms with van der Waals surface area (Å²) in [5.41, 5.74) is 0. The number of esters is 1. The first-order valence-corrected chi connectivity index (χ1v) is 4.87. The second kappa shape index (κ2) is 5.19. The molecule has 0 radical (unpaired) electrons. The van der Waals surface area contributed by atoms with Crippen LogP contribution >= 0.6 is 0 Å². The number of carbonyl (C=O) groups is 1. The first-order valence-electron chi connectivity index (χ1n) is 4.87. The lowest BCUT2D eigenvalue weighted by molar-refractivity contribution is -0.149. The summed E-state index contributed by atoms with van der Waals surface area (Å²) >= 11 is 0. The molecule has 0 aliphatic carbocycles. The summed E-state index contributed by atoms with van der Waals surface area (Å²) in [4.78, 5) is 11.0. The summed E-state index contributed by atoms with van der Waals surface area (Å²) in [5, 5.41) is 6.56. The van der Waals surface area contributed by atoms with Crippen molar-refractivity contribution in [3.8, 4) is 0 Å². The Morgan fingerprint density at radius 3 is 2.92 bits per heavy atom. The number of piperazine rings is 1. The van der Waals surface area contributed by atoms with Crippen molar-refractivity contribution in [2.45, 2.75) is 32.4 Å². The van der Waals surface area contributed by atoms with Crippen LogP contribution in [0.1, 0.15) is 20.3 Å². The van der Waals surface area contributed by atoms with Crippen LogP contribution in [0, 0.1) is 0 Å². The maximum Gasteiger partial charge on any atom is 0.305 e. The molecule has 4 heteroatoms. The average molecular weight is 186 g/mol. The van der Waals surface area contributed by atoms with Crippen LogP contribution in [0.2, 0.25) is 0 Å². The molecule has 2 unspecified atom stereocenters. The minimum atomic E-state index is -0.125. The number of hydrogen-bond acceptors (Lipinski definition) is 4. The van der Waals surface area contributed by atoms with E-state index in [0.717, 1.165) is 19.6 Å². The van der Waals surface area contributed by atoms with E-state index < -0.39 is 0 Å². The second-order valence-corrected chi connectivity index (χ2v) is 3.31. The van der Waals surface area contributed by atoms with Gasteiger partial charge in [-0.15, -0.1) is 0 Å². The Hall–Kier alpha value is -0.610. The SMILES string of the molecule is CCC(=O)OC(C)C1CNCCN1. The van der Waals surface area contributed by atoms with Gasteiger partial charge in [-0.1, -0.05) is 6.92 Å². The number of carbonyl (C=O) groups excluding carboxylic acids is 1. The molecule has 2 atom stereocenters. The predicted molar refractivity (Wildman–Crippen MR) is 50.5 cm³/mol. The molecule has 0 spiro atoms. The molecule has 4 nitrogen and oxygen atoms in total. The molecule has 0 aromatic heterocycles. The lowest BCUT2D eigenvalue weighted by Crippen LogP contribution is -2.54. The normalized spacial score (nSPS) is 25.2. The zero-order valence-electron chi connectivity index (χ0n) is 8.30. The third-order valence-electron chi connectivity index (χ3n) is 2.25. The molecule has 0 amide bonds. The van der Waals surface area contributed by atoms with E-state index in [1.165, 1.54) is 0 Å². The Kier molecular flexibility index (Phi) is 4.18. The van der Waals surface area contributed by atoms with Gasteiger partial charge in [0.25, 0.3) is 0 Å². The van der Waals surface area contributed by atoms with Gasteiger partial charge in [-0.25, -0.2) is 0 Å². The van der Waals surface area contributed by atoms with Gasteiger partial charge in [0.05, 0.1) is 6.04 Å². The van der Waals surface area contributed by atoms with E-state index in [0.29, 0.717) is 6.42 Å². The molecule has 0 aromatic carbocycles. The van der Waals surface area contributed by atoms with Crippen LogP contribution in [0.3, 0.4) is 0 Å². The first-order chi connectivity index (χ1) is 6.24. The zero-order valence-corrected chi connectivity index (χ0v) is 8.30. The van der Waals surface area contributed by atoms with Gasteiger partial charge in [0, 0.05) is 26.1 Å². The second-order valence-electron chi connectivity index (χ2n) is 3.31. The standard InChI is InChI=1S/C9H18N2O2/c1-3-9(12)13-7(2)8-6-10-4-5-11-8/h7-8,10-11H,3-6H2,1-2H3. The maximum absolute atomic E-state index is 11.0. The number of hydrogen-bond donors (Lipinski definition) is 2. The smallest absolute Gasteiger partial charge is 0.305 e. The zero-order chi connectivity index (χ0) is 9.68. The Balaban J connectivity index is 2.28. The molecule has 13 heavy (non-hydrogen) atoms. The highest BCUT2D eigenvalue weighted by Crippen LogP contribution is 2.01. The quantitative estimate of drug-likeness (QED) is 0.604. The van der Waals surface area contributed by atoms with E-state index in [1.54, 1.807) is 0 Å². The molecule has 2 N–H and O–H groups in total. The van der Waals surface area contributed by atoms with E-state index >= 15 is 0 Å². The highest BCUT2D eigenvalue weighted by molar-refractivity contribution is 5.69. The Bertz CT molecular complexity index is 167. The van der Waals surface area contributed by atoms with Crippen LogP contribution in [-0.2, 0) is 9.53 Å². The minimum Gasteiger partial charge on any atom is -0.461 e. The molecule has 1 fully saturated rings. The van der Waals surface area contributed by atoms with Crippen LogP contribution in [-0.4, -0.2) is 37.7 Å². The summed E-state index contributed by atoms with van der Waals surface area (Å²) in [5.74, 6) is -0.125. The van der Waals surface area contributed by atoms with Gasteiger partial charge in [0.1, 0.15) is 6.10 Å². The number of nitrogens with one attached hydrogen (secondary N) is 2. The van der Waals surface area contributed by atoms with Crippen molar-refractivity contribution in [3.05, 3.63) is 0 Å². The van der Waals surface area contributed by atoms with Crippen LogP contribution < -0.4 is 10.6 Å². The van der Waals surface area contributed by atoms with Gasteiger partial charge >= 0.3 is 5.97 Å². The van der Waals surface area contributed by atoms with Gasteiger partial charge in [-0.3, -0.25) is 4.79 Å². The van der Waals surface area contributed by atoms with Crippen LogP contribution in [0.4, 0.5) is 0 Å². The maximum atomic E-state index is 11.0. The van der Waals surface area contributed by atoms with Crippen molar-refractivity contribution in [2.75, 3.05) is 19.6 Å². The van der Waals surface area contributed by atoms with Gasteiger partial charge < -0.3 is 15.4 Å². The van der Waals surface area contributed by atoms with Crippen molar-refractivity contribution in [1.82, 2.24) is 10.6 Å². The summed E-state index contributed by atoms with van der Waals surface area (Å²) < 4.78 is 5.20. The molecule has 0 bridgehead atoms. The van der Waals surface area contributed by atoms with Gasteiger partial charge in [0.15, 0.2) is 0 Å². The lowest BCUT2D eigenvalue weighted by atomic mass is 10.1. The fourth-order valence-corrected chi connectivity index (χ4v) is 1.38. The van der Waals surface area contributed by atoms with Crippen LogP contribution in [0.15, 0.2) is 0 Å². The van der Waals surface area contributed by atoms with Crippen molar-refractivity contribution < 1.29 is 9.53 Å². The van der Waals surface area contributed by atoms with Gasteiger partial charge in [-0.05, 0) is 6.92 Å². The van der Waals surface area contributed by atoms with Crippen LogP contribution in [0.25, 0.3) is 0 Å². The van der Waals surface area contributed by atoms with Crippen molar-refractivity contribution in [2.24, 2.45) is 0 Å². The average Bonchev–Trinajstić information content (AvgIpc) is 2.19. The summed E-state index contributed by atoms with van der Waals surface area (Å²) in [6.07, 6.45) is 0.407. The predicted octanol–water partition coefficient (Wildman–Crippen LogP) is -0.110. The third kappa shape index (κ3) is 3.32. The van der Waals surface area contributed by atoms with E-state index in [1.807, 2.05) is 13.8 Å². The van der Waals surface area contributed by atoms with Crippen LogP contribution in [0.5, 0.6) is 0 Å². The summed E-state index contributed by atoms with van der Waals surface area (Å²) in [6, 6.07) is 0.254. The molecule has 76 valence electrons. The van der Waals surface area contributed by atoms with Crippen molar-refractivity contribution in [1.29, 1.82) is 0 Å². The lowest BCUT2D eigenvalue weighted by Gasteiger charge is -2.29. The van der Waals surface area contributed by atoms with Gasteiger partial charge in [0.2, 0.25) is 0 Å². The summed E-state index contributed by atoms with van der Waals surface area (Å²) in [7, 11) is 0. The number of rotatable bonds is 3. The molecule has 1 heterocycles. The van der Waals surface area contributed by atoms with E-state index in [-0.39, 0.29) is 18.1 Å². The molecular weight excluding hydrogens is 168 g/mol. The fraction of sp³-hybridized carbons (Fsp3) is 0.889. The number of ether oxygens (including phenoxy) is 1. The largest absolute Gasteiger partial charge is 0.461 e. The molecule has 1 aliphatic rings. The molecule has 0 saturated carbocycles. The Morgan fingerprint density at radius 2 is 2.38 bits per heavy atom. The molecule has 1 aliphatic heterocycles. The molecule has 1 saturated heterocycles. The summed E-state index contributed by atoms with van der Waals surface area (Å²) in [6.45, 7) is 6.54. The topological polar surface area (TPSA) is 50.4 Å². The fourth-order valence-electron chi connectivity index (χ4n) is 1.38. The molecule has 1 rings (SSSR count). The Morgan fingerprint density at radius 1 is 1.62 bits per heavy atom.